The first-order valence-electron chi connectivity index (χ1n) is 5.38. The molecule has 0 aromatic carbocycles. The third kappa shape index (κ3) is 3.77. The van der Waals surface area contributed by atoms with Gasteiger partial charge in [-0.2, -0.15) is 0 Å². The minimum Gasteiger partial charge on any atom is -0.356 e. The molecule has 0 aliphatic rings. The number of Topliss-reactive ketones (excluding diaryl/α,β-unsaturated/α-hetero) is 1. The number of rotatable bonds is 5. The zero-order chi connectivity index (χ0) is 12.1. The fourth-order valence-electron chi connectivity index (χ4n) is 1.21. The number of carbonyl (C=O) groups excluding carboxylic acids is 2. The maximum absolute atomic E-state index is 11.3. The summed E-state index contributed by atoms with van der Waals surface area (Å²) in [5, 5.41) is 2.85. The Morgan fingerprint density at radius 1 is 1.38 bits per heavy atom. The first-order chi connectivity index (χ1) is 7.50. The van der Waals surface area contributed by atoms with E-state index in [0.29, 0.717) is 6.54 Å². The molecule has 0 spiro atoms. The Kier molecular flexibility index (Phi) is 4.68. The molecule has 0 fully saturated rings. The first kappa shape index (κ1) is 12.9. The standard InChI is InChI=1S/C12H17NO2S/c1-8(2)12(15)13-7-6-10-4-5-11(16-10)9(3)14/h4-5,8H,6-7H2,1-3H3,(H,13,15). The van der Waals surface area contributed by atoms with Crippen molar-refractivity contribution in [3.05, 3.63) is 21.9 Å². The van der Waals surface area contributed by atoms with Gasteiger partial charge in [0, 0.05) is 17.3 Å². The van der Waals surface area contributed by atoms with E-state index < -0.39 is 0 Å². The normalized spacial score (nSPS) is 10.5. The predicted molar refractivity (Wildman–Crippen MR) is 65.9 cm³/mol. The van der Waals surface area contributed by atoms with Crippen molar-refractivity contribution in [3.63, 3.8) is 0 Å². The number of hydrogen-bond acceptors (Lipinski definition) is 3. The van der Waals surface area contributed by atoms with Crippen LogP contribution < -0.4 is 5.32 Å². The zero-order valence-electron chi connectivity index (χ0n) is 9.87. The highest BCUT2D eigenvalue weighted by molar-refractivity contribution is 7.14. The van der Waals surface area contributed by atoms with Crippen LogP contribution in [0.25, 0.3) is 0 Å². The molecule has 1 amide bonds. The molecule has 0 aliphatic heterocycles. The lowest BCUT2D eigenvalue weighted by Gasteiger charge is -2.06. The molecule has 1 heterocycles. The van der Waals surface area contributed by atoms with E-state index in [4.69, 9.17) is 0 Å². The van der Waals surface area contributed by atoms with Crippen LogP contribution in [0.15, 0.2) is 12.1 Å². The van der Waals surface area contributed by atoms with E-state index in [0.717, 1.165) is 16.2 Å². The molecule has 0 atom stereocenters. The van der Waals surface area contributed by atoms with Gasteiger partial charge in [-0.1, -0.05) is 13.8 Å². The quantitative estimate of drug-likeness (QED) is 0.801. The van der Waals surface area contributed by atoms with Crippen LogP contribution in [0.2, 0.25) is 0 Å². The minimum absolute atomic E-state index is 0.0242. The summed E-state index contributed by atoms with van der Waals surface area (Å²) < 4.78 is 0. The van der Waals surface area contributed by atoms with Gasteiger partial charge in [-0.05, 0) is 25.5 Å². The molecule has 0 saturated heterocycles. The van der Waals surface area contributed by atoms with Crippen LogP contribution >= 0.6 is 11.3 Å². The van der Waals surface area contributed by atoms with Gasteiger partial charge < -0.3 is 5.32 Å². The lowest BCUT2D eigenvalue weighted by molar-refractivity contribution is -0.123. The van der Waals surface area contributed by atoms with Gasteiger partial charge in [0.1, 0.15) is 0 Å². The Morgan fingerprint density at radius 3 is 2.56 bits per heavy atom. The molecule has 1 aromatic rings. The Morgan fingerprint density at radius 2 is 2.06 bits per heavy atom. The van der Waals surface area contributed by atoms with Crippen LogP contribution in [0.5, 0.6) is 0 Å². The van der Waals surface area contributed by atoms with Crippen LogP contribution in [0.3, 0.4) is 0 Å². The summed E-state index contributed by atoms with van der Waals surface area (Å²) in [5.41, 5.74) is 0. The molecule has 0 bridgehead atoms. The van der Waals surface area contributed by atoms with E-state index in [1.807, 2.05) is 26.0 Å². The fourth-order valence-corrected chi connectivity index (χ4v) is 2.12. The van der Waals surface area contributed by atoms with Crippen molar-refractivity contribution in [2.45, 2.75) is 27.2 Å². The Balaban J connectivity index is 2.37. The Labute approximate surface area is 99.9 Å². The number of thiophene rings is 1. The highest BCUT2D eigenvalue weighted by Gasteiger charge is 2.07. The largest absolute Gasteiger partial charge is 0.356 e. The molecule has 0 saturated carbocycles. The van der Waals surface area contributed by atoms with E-state index >= 15 is 0 Å². The third-order valence-electron chi connectivity index (χ3n) is 2.20. The number of nitrogens with one attached hydrogen (secondary N) is 1. The number of amides is 1. The molecule has 0 radical (unpaired) electrons. The highest BCUT2D eigenvalue weighted by atomic mass is 32.1. The summed E-state index contributed by atoms with van der Waals surface area (Å²) >= 11 is 1.50. The number of carbonyl (C=O) groups is 2. The SMILES string of the molecule is CC(=O)c1ccc(CCNC(=O)C(C)C)s1. The molecule has 88 valence electrons. The predicted octanol–water partition coefficient (Wildman–Crippen LogP) is 2.27. The molecule has 1 N–H and O–H groups in total. The van der Waals surface area contributed by atoms with Crippen molar-refractivity contribution >= 4 is 23.0 Å². The van der Waals surface area contributed by atoms with Gasteiger partial charge in [0.2, 0.25) is 5.91 Å². The second-order valence-electron chi connectivity index (χ2n) is 4.02. The van der Waals surface area contributed by atoms with Crippen molar-refractivity contribution in [1.82, 2.24) is 5.32 Å². The Hall–Kier alpha value is -1.16. The molecule has 1 rings (SSSR count). The van der Waals surface area contributed by atoms with Gasteiger partial charge in [0.25, 0.3) is 0 Å². The molecule has 4 heteroatoms. The zero-order valence-corrected chi connectivity index (χ0v) is 10.7. The van der Waals surface area contributed by atoms with E-state index in [2.05, 4.69) is 5.32 Å². The smallest absolute Gasteiger partial charge is 0.222 e. The molecular formula is C12H17NO2S. The number of hydrogen-bond donors (Lipinski definition) is 1. The molecule has 0 aliphatic carbocycles. The van der Waals surface area contributed by atoms with Crippen molar-refractivity contribution in [1.29, 1.82) is 0 Å². The average molecular weight is 239 g/mol. The second kappa shape index (κ2) is 5.80. The summed E-state index contributed by atoms with van der Waals surface area (Å²) in [6.07, 6.45) is 0.788. The van der Waals surface area contributed by atoms with Gasteiger partial charge in [0.15, 0.2) is 5.78 Å². The van der Waals surface area contributed by atoms with Gasteiger partial charge in [-0.25, -0.2) is 0 Å². The van der Waals surface area contributed by atoms with E-state index in [1.54, 1.807) is 6.92 Å². The summed E-state index contributed by atoms with van der Waals surface area (Å²) in [5.74, 6) is 0.196. The lowest BCUT2D eigenvalue weighted by atomic mass is 10.2. The first-order valence-corrected chi connectivity index (χ1v) is 6.19. The van der Waals surface area contributed by atoms with Gasteiger partial charge in [-0.15, -0.1) is 11.3 Å². The van der Waals surface area contributed by atoms with Crippen LogP contribution in [-0.4, -0.2) is 18.2 Å². The van der Waals surface area contributed by atoms with Crippen molar-refractivity contribution < 1.29 is 9.59 Å². The molecular weight excluding hydrogens is 222 g/mol. The van der Waals surface area contributed by atoms with Crippen LogP contribution in [-0.2, 0) is 11.2 Å². The summed E-state index contributed by atoms with van der Waals surface area (Å²) in [6, 6.07) is 3.79. The molecule has 3 nitrogen and oxygen atoms in total. The van der Waals surface area contributed by atoms with Crippen LogP contribution in [0.4, 0.5) is 0 Å². The van der Waals surface area contributed by atoms with Crippen molar-refractivity contribution in [2.75, 3.05) is 6.54 Å². The van der Waals surface area contributed by atoms with E-state index in [-0.39, 0.29) is 17.6 Å². The second-order valence-corrected chi connectivity index (χ2v) is 5.19. The fraction of sp³-hybridized carbons (Fsp3) is 0.500. The average Bonchev–Trinajstić information content (AvgIpc) is 2.66. The third-order valence-corrected chi connectivity index (χ3v) is 3.45. The highest BCUT2D eigenvalue weighted by Crippen LogP contribution is 2.17. The van der Waals surface area contributed by atoms with Crippen molar-refractivity contribution in [3.8, 4) is 0 Å². The molecule has 1 aromatic heterocycles. The van der Waals surface area contributed by atoms with Gasteiger partial charge >= 0.3 is 0 Å². The monoisotopic (exact) mass is 239 g/mol. The van der Waals surface area contributed by atoms with Crippen LogP contribution in [0, 0.1) is 5.92 Å². The van der Waals surface area contributed by atoms with Crippen molar-refractivity contribution in [2.24, 2.45) is 5.92 Å². The van der Waals surface area contributed by atoms with E-state index in [1.165, 1.54) is 11.3 Å². The van der Waals surface area contributed by atoms with E-state index in [9.17, 15) is 9.59 Å². The molecule has 16 heavy (non-hydrogen) atoms. The lowest BCUT2D eigenvalue weighted by Crippen LogP contribution is -2.29. The summed E-state index contributed by atoms with van der Waals surface area (Å²) in [7, 11) is 0. The van der Waals surface area contributed by atoms with Gasteiger partial charge in [0.05, 0.1) is 4.88 Å². The minimum atomic E-state index is 0.0242. The topological polar surface area (TPSA) is 46.2 Å². The van der Waals surface area contributed by atoms with Crippen LogP contribution in [0.1, 0.15) is 35.3 Å². The summed E-state index contributed by atoms with van der Waals surface area (Å²) in [4.78, 5) is 24.3. The number of ketones is 1. The maximum Gasteiger partial charge on any atom is 0.222 e. The maximum atomic E-state index is 11.3. The summed E-state index contributed by atoms with van der Waals surface area (Å²) in [6.45, 7) is 5.94. The Bertz CT molecular complexity index is 382. The van der Waals surface area contributed by atoms with Gasteiger partial charge in [-0.3, -0.25) is 9.59 Å². The molecule has 0 unspecified atom stereocenters.